The Morgan fingerprint density at radius 3 is 2.32 bits per heavy atom. The molecule has 25 heavy (non-hydrogen) atoms. The third-order valence-corrected chi connectivity index (χ3v) is 4.50. The number of piperazine rings is 1. The van der Waals surface area contributed by atoms with Gasteiger partial charge in [0.1, 0.15) is 5.82 Å². The average Bonchev–Trinajstić information content (AvgIpc) is 3.01. The van der Waals surface area contributed by atoms with Crippen LogP contribution in [0.4, 0.5) is 5.82 Å². The highest BCUT2D eigenvalue weighted by Gasteiger charge is 2.12. The van der Waals surface area contributed by atoms with Crippen molar-refractivity contribution in [2.75, 3.05) is 31.1 Å². The Labute approximate surface area is 147 Å². The molecule has 1 aliphatic rings. The Hall–Kier alpha value is -2.73. The quantitative estimate of drug-likeness (QED) is 0.797. The molecule has 6 nitrogen and oxygen atoms in total. The maximum Gasteiger partial charge on any atom is 0.147 e. The molecule has 1 aromatic carbocycles. The summed E-state index contributed by atoms with van der Waals surface area (Å²) in [5, 5.41) is 7.87. The van der Waals surface area contributed by atoms with Crippen LogP contribution in [-0.4, -0.2) is 45.9 Å². The molecule has 1 fully saturated rings. The molecule has 1 saturated heterocycles. The van der Waals surface area contributed by atoms with Crippen LogP contribution >= 0.6 is 0 Å². The molecule has 0 radical (unpaired) electrons. The number of rotatable bonds is 3. The van der Waals surface area contributed by atoms with Crippen LogP contribution in [0.5, 0.6) is 0 Å². The number of aromatic nitrogens is 4. The van der Waals surface area contributed by atoms with E-state index in [4.69, 9.17) is 0 Å². The first-order valence-corrected chi connectivity index (χ1v) is 8.62. The molecule has 0 bridgehead atoms. The highest BCUT2D eigenvalue weighted by atomic mass is 15.3. The number of aryl methyl sites for hydroxylation is 2. The van der Waals surface area contributed by atoms with Crippen LogP contribution in [0.1, 0.15) is 11.4 Å². The molecule has 128 valence electrons. The van der Waals surface area contributed by atoms with E-state index in [1.807, 2.05) is 24.0 Å². The zero-order valence-electron chi connectivity index (χ0n) is 14.6. The summed E-state index contributed by atoms with van der Waals surface area (Å²) in [5.41, 5.74) is 5.16. The zero-order chi connectivity index (χ0) is 17.2. The number of benzene rings is 1. The number of nitrogens with zero attached hydrogens (tertiary/aromatic N) is 5. The van der Waals surface area contributed by atoms with E-state index < -0.39 is 0 Å². The summed E-state index contributed by atoms with van der Waals surface area (Å²) >= 11 is 0. The SMILES string of the molecule is Cc1cc(C)n(-c2ccc(-c3cnc(N4CCNCC4)cn3)cc2)n1. The first-order valence-electron chi connectivity index (χ1n) is 8.62. The van der Waals surface area contributed by atoms with Crippen LogP contribution < -0.4 is 10.2 Å². The maximum atomic E-state index is 4.60. The molecule has 2 aromatic heterocycles. The van der Waals surface area contributed by atoms with Crippen LogP contribution in [0, 0.1) is 13.8 Å². The standard InChI is InChI=1S/C19H22N6/c1-14-11-15(2)25(23-14)17-5-3-16(4-6-17)18-12-22-19(13-21-18)24-9-7-20-8-10-24/h3-6,11-13,20H,7-10H2,1-2H3. The van der Waals surface area contributed by atoms with E-state index in [0.29, 0.717) is 0 Å². The van der Waals surface area contributed by atoms with Gasteiger partial charge in [0.05, 0.1) is 29.5 Å². The van der Waals surface area contributed by atoms with Gasteiger partial charge < -0.3 is 10.2 Å². The van der Waals surface area contributed by atoms with Crippen LogP contribution in [0.25, 0.3) is 16.9 Å². The fourth-order valence-electron chi connectivity index (χ4n) is 3.19. The van der Waals surface area contributed by atoms with Gasteiger partial charge in [0, 0.05) is 37.4 Å². The van der Waals surface area contributed by atoms with Crippen molar-refractivity contribution in [1.29, 1.82) is 0 Å². The van der Waals surface area contributed by atoms with Crippen molar-refractivity contribution in [3.8, 4) is 16.9 Å². The summed E-state index contributed by atoms with van der Waals surface area (Å²) in [7, 11) is 0. The molecular weight excluding hydrogens is 312 g/mol. The van der Waals surface area contributed by atoms with Crippen molar-refractivity contribution in [2.24, 2.45) is 0 Å². The van der Waals surface area contributed by atoms with E-state index in [9.17, 15) is 0 Å². The van der Waals surface area contributed by atoms with Gasteiger partial charge in [-0.05, 0) is 32.0 Å². The minimum atomic E-state index is 0.888. The minimum absolute atomic E-state index is 0.888. The zero-order valence-corrected chi connectivity index (χ0v) is 14.6. The van der Waals surface area contributed by atoms with E-state index in [2.05, 4.69) is 62.5 Å². The predicted molar refractivity (Wildman–Crippen MR) is 99.1 cm³/mol. The van der Waals surface area contributed by atoms with Crippen molar-refractivity contribution < 1.29 is 0 Å². The number of anilines is 1. The maximum absolute atomic E-state index is 4.60. The molecule has 0 spiro atoms. The lowest BCUT2D eigenvalue weighted by Gasteiger charge is -2.28. The smallest absolute Gasteiger partial charge is 0.147 e. The average molecular weight is 334 g/mol. The largest absolute Gasteiger partial charge is 0.353 e. The van der Waals surface area contributed by atoms with Gasteiger partial charge in [-0.15, -0.1) is 0 Å². The normalized spacial score (nSPS) is 14.7. The Morgan fingerprint density at radius 1 is 0.960 bits per heavy atom. The molecule has 1 aliphatic heterocycles. The van der Waals surface area contributed by atoms with Crippen LogP contribution in [0.2, 0.25) is 0 Å². The molecule has 1 N–H and O–H groups in total. The lowest BCUT2D eigenvalue weighted by Crippen LogP contribution is -2.43. The Kier molecular flexibility index (Phi) is 4.19. The third-order valence-electron chi connectivity index (χ3n) is 4.50. The summed E-state index contributed by atoms with van der Waals surface area (Å²) in [6.45, 7) is 8.02. The second-order valence-corrected chi connectivity index (χ2v) is 6.38. The predicted octanol–water partition coefficient (Wildman–Crippen LogP) is 2.36. The molecule has 3 aromatic rings. The van der Waals surface area contributed by atoms with Crippen LogP contribution in [0.15, 0.2) is 42.7 Å². The molecular formula is C19H22N6. The molecule has 3 heterocycles. The summed E-state index contributed by atoms with van der Waals surface area (Å²) in [5.74, 6) is 0.949. The Bertz CT molecular complexity index is 845. The van der Waals surface area contributed by atoms with E-state index in [0.717, 1.165) is 60.3 Å². The van der Waals surface area contributed by atoms with E-state index in [1.165, 1.54) is 0 Å². The summed E-state index contributed by atoms with van der Waals surface area (Å²) in [6.07, 6.45) is 3.73. The van der Waals surface area contributed by atoms with Gasteiger partial charge in [-0.1, -0.05) is 12.1 Å². The molecule has 0 saturated carbocycles. The van der Waals surface area contributed by atoms with E-state index >= 15 is 0 Å². The van der Waals surface area contributed by atoms with Gasteiger partial charge in [-0.2, -0.15) is 5.10 Å². The summed E-state index contributed by atoms with van der Waals surface area (Å²) < 4.78 is 1.96. The lowest BCUT2D eigenvalue weighted by atomic mass is 10.1. The summed E-state index contributed by atoms with van der Waals surface area (Å²) in [4.78, 5) is 11.5. The van der Waals surface area contributed by atoms with Gasteiger partial charge in [0.15, 0.2) is 0 Å². The molecule has 0 aliphatic carbocycles. The molecule has 4 rings (SSSR count). The highest BCUT2D eigenvalue weighted by molar-refractivity contribution is 5.60. The molecule has 0 amide bonds. The first-order chi connectivity index (χ1) is 12.2. The van der Waals surface area contributed by atoms with Gasteiger partial charge in [0.25, 0.3) is 0 Å². The van der Waals surface area contributed by atoms with E-state index in [-0.39, 0.29) is 0 Å². The van der Waals surface area contributed by atoms with Crippen LogP contribution in [0.3, 0.4) is 0 Å². The second-order valence-electron chi connectivity index (χ2n) is 6.38. The number of hydrogen-bond donors (Lipinski definition) is 1. The first kappa shape index (κ1) is 15.8. The van der Waals surface area contributed by atoms with Gasteiger partial charge >= 0.3 is 0 Å². The third kappa shape index (κ3) is 3.25. The van der Waals surface area contributed by atoms with E-state index in [1.54, 1.807) is 0 Å². The second kappa shape index (κ2) is 6.64. The highest BCUT2D eigenvalue weighted by Crippen LogP contribution is 2.21. The van der Waals surface area contributed by atoms with Crippen LogP contribution in [-0.2, 0) is 0 Å². The number of nitrogens with one attached hydrogen (secondary N) is 1. The topological polar surface area (TPSA) is 58.9 Å². The Morgan fingerprint density at radius 2 is 1.72 bits per heavy atom. The van der Waals surface area contributed by atoms with Gasteiger partial charge in [-0.25, -0.2) is 9.67 Å². The molecule has 0 unspecified atom stereocenters. The fourth-order valence-corrected chi connectivity index (χ4v) is 3.19. The van der Waals surface area contributed by atoms with Crippen molar-refractivity contribution in [1.82, 2.24) is 25.1 Å². The van der Waals surface area contributed by atoms with Crippen molar-refractivity contribution in [3.63, 3.8) is 0 Å². The minimum Gasteiger partial charge on any atom is -0.353 e. The Balaban J connectivity index is 1.54. The monoisotopic (exact) mass is 334 g/mol. The van der Waals surface area contributed by atoms with Crippen molar-refractivity contribution in [2.45, 2.75) is 13.8 Å². The van der Waals surface area contributed by atoms with Crippen molar-refractivity contribution >= 4 is 5.82 Å². The molecule has 0 atom stereocenters. The van der Waals surface area contributed by atoms with Gasteiger partial charge in [-0.3, -0.25) is 4.98 Å². The number of hydrogen-bond acceptors (Lipinski definition) is 5. The van der Waals surface area contributed by atoms with Gasteiger partial charge in [0.2, 0.25) is 0 Å². The summed E-state index contributed by atoms with van der Waals surface area (Å²) in [6, 6.07) is 10.4. The fraction of sp³-hybridized carbons (Fsp3) is 0.316. The lowest BCUT2D eigenvalue weighted by molar-refractivity contribution is 0.584. The molecule has 6 heteroatoms. The van der Waals surface area contributed by atoms with Crippen molar-refractivity contribution in [3.05, 3.63) is 54.1 Å².